The number of ether oxygens (including phenoxy) is 1. The highest BCUT2D eigenvalue weighted by molar-refractivity contribution is 7.90. The van der Waals surface area contributed by atoms with Crippen LogP contribution in [0.2, 0.25) is 0 Å². The Morgan fingerprint density at radius 3 is 2.40 bits per heavy atom. The van der Waals surface area contributed by atoms with E-state index in [1.807, 2.05) is 33.8 Å². The maximum absolute atomic E-state index is 13.6. The summed E-state index contributed by atoms with van der Waals surface area (Å²) in [4.78, 5) is 29.9. The molecule has 0 saturated heterocycles. The molecule has 0 radical (unpaired) electrons. The fraction of sp³-hybridized carbons (Fsp3) is 0.500. The lowest BCUT2D eigenvalue weighted by Gasteiger charge is -2.26. The van der Waals surface area contributed by atoms with Crippen LogP contribution in [0.1, 0.15) is 71.5 Å². The first-order valence-corrected chi connectivity index (χ1v) is 15.6. The zero-order valence-electron chi connectivity index (χ0n) is 25.5. The quantitative estimate of drug-likeness (QED) is 0.142. The first-order chi connectivity index (χ1) is 19.7. The Morgan fingerprint density at radius 2 is 1.76 bits per heavy atom. The van der Waals surface area contributed by atoms with Crippen LogP contribution in [-0.2, 0) is 14.8 Å². The minimum absolute atomic E-state index is 0.143. The Bertz CT molecular complexity index is 1430. The standard InChI is InChI=1S/C30H44N6O5S/c1-18-16-19(2)24-25(21(18)4)41-30(5,6)26(24)42(39,40)36-29(31)33-15-11-14-23(28(38)34-20(3)17-32-7)35-27(37)22-12-9-8-10-13-22/h8-10,12-13,16,20,23,26,32H,11,14-15,17H2,1-7H3,(H,34,38)(H,35,37)(H3,31,33,36). The second-order valence-electron chi connectivity index (χ2n) is 11.4. The highest BCUT2D eigenvalue weighted by atomic mass is 32.2. The Balaban J connectivity index is 1.69. The Morgan fingerprint density at radius 1 is 1.10 bits per heavy atom. The van der Waals surface area contributed by atoms with E-state index in [9.17, 15) is 18.0 Å². The van der Waals surface area contributed by atoms with Gasteiger partial charge in [-0.1, -0.05) is 24.3 Å². The number of amides is 2. The second kappa shape index (κ2) is 13.6. The van der Waals surface area contributed by atoms with Crippen LogP contribution in [0.15, 0.2) is 41.4 Å². The van der Waals surface area contributed by atoms with E-state index in [0.717, 1.165) is 16.7 Å². The molecule has 1 aliphatic rings. The van der Waals surface area contributed by atoms with Crippen molar-refractivity contribution >= 4 is 27.8 Å². The molecule has 0 spiro atoms. The second-order valence-corrected chi connectivity index (χ2v) is 13.1. The van der Waals surface area contributed by atoms with E-state index < -0.39 is 26.9 Å². The van der Waals surface area contributed by atoms with Crippen molar-refractivity contribution in [1.29, 1.82) is 0 Å². The fourth-order valence-electron chi connectivity index (χ4n) is 5.25. The first-order valence-electron chi connectivity index (χ1n) is 14.1. The zero-order chi connectivity index (χ0) is 31.2. The summed E-state index contributed by atoms with van der Waals surface area (Å²) in [7, 11) is -2.23. The number of hydrogen-bond acceptors (Lipinski definition) is 7. The Labute approximate surface area is 249 Å². The summed E-state index contributed by atoms with van der Waals surface area (Å²) in [6.07, 6.45) is 0.642. The number of aryl methyl sites for hydroxylation is 2. The van der Waals surface area contributed by atoms with Gasteiger partial charge in [-0.05, 0) is 90.3 Å². The number of hydrogen-bond donors (Lipinski definition) is 5. The number of carbonyl (C=O) groups excluding carboxylic acids is 2. The van der Waals surface area contributed by atoms with Gasteiger partial charge in [0.2, 0.25) is 21.9 Å². The highest BCUT2D eigenvalue weighted by Crippen LogP contribution is 2.50. The predicted octanol–water partition coefficient (Wildman–Crippen LogP) is 2.36. The minimum atomic E-state index is -4.02. The normalized spacial score (nSPS) is 17.5. The van der Waals surface area contributed by atoms with Crippen molar-refractivity contribution in [3.05, 3.63) is 64.2 Å². The smallest absolute Gasteiger partial charge is 0.251 e. The summed E-state index contributed by atoms with van der Waals surface area (Å²) in [5.74, 6) is -0.343. The molecule has 0 aliphatic carbocycles. The molecule has 1 aliphatic heterocycles. The summed E-state index contributed by atoms with van der Waals surface area (Å²) in [5, 5.41) is 7.71. The Kier molecular flexibility index (Phi) is 10.6. The van der Waals surface area contributed by atoms with Crippen molar-refractivity contribution in [3.63, 3.8) is 0 Å². The van der Waals surface area contributed by atoms with Gasteiger partial charge in [-0.2, -0.15) is 0 Å². The van der Waals surface area contributed by atoms with Crippen molar-refractivity contribution in [1.82, 2.24) is 20.7 Å². The molecule has 6 N–H and O–H groups in total. The van der Waals surface area contributed by atoms with Crippen LogP contribution < -0.4 is 31.1 Å². The number of rotatable bonds is 12. The van der Waals surface area contributed by atoms with Gasteiger partial charge in [0.25, 0.3) is 5.91 Å². The molecule has 1 heterocycles. The van der Waals surface area contributed by atoms with Gasteiger partial charge in [-0.15, -0.1) is 0 Å². The summed E-state index contributed by atoms with van der Waals surface area (Å²) in [6, 6.07) is 9.64. The van der Waals surface area contributed by atoms with Gasteiger partial charge < -0.3 is 26.4 Å². The molecule has 12 heteroatoms. The number of nitrogens with two attached hydrogens (primary N) is 1. The average Bonchev–Trinajstić information content (AvgIpc) is 3.21. The van der Waals surface area contributed by atoms with Gasteiger partial charge >= 0.3 is 0 Å². The Hall–Kier alpha value is -3.64. The number of nitrogens with one attached hydrogen (secondary N) is 4. The summed E-state index contributed by atoms with van der Waals surface area (Å²) < 4.78 is 35.7. The largest absolute Gasteiger partial charge is 0.485 e. The number of likely N-dealkylation sites (N-methyl/N-ethyl adjacent to an activating group) is 1. The molecule has 2 aromatic rings. The zero-order valence-corrected chi connectivity index (χ0v) is 26.3. The van der Waals surface area contributed by atoms with Crippen molar-refractivity contribution in [2.75, 3.05) is 20.1 Å². The van der Waals surface area contributed by atoms with E-state index in [4.69, 9.17) is 10.5 Å². The summed E-state index contributed by atoms with van der Waals surface area (Å²) >= 11 is 0. The fourth-order valence-corrected chi connectivity index (χ4v) is 7.13. The lowest BCUT2D eigenvalue weighted by Crippen LogP contribution is -2.50. The molecule has 3 unspecified atom stereocenters. The number of sulfonamides is 1. The SMILES string of the molecule is CNCC(C)NC(=O)C(CCCN=C(N)NS(=O)(=O)C1c2c(C)cc(C)c(C)c2OC1(C)C)NC(=O)c1ccccc1. The van der Waals surface area contributed by atoms with E-state index in [1.165, 1.54) is 0 Å². The van der Waals surface area contributed by atoms with Gasteiger partial charge in [0.15, 0.2) is 0 Å². The highest BCUT2D eigenvalue weighted by Gasteiger charge is 2.51. The van der Waals surface area contributed by atoms with Crippen molar-refractivity contribution in [2.24, 2.45) is 10.7 Å². The summed E-state index contributed by atoms with van der Waals surface area (Å²) in [6.45, 7) is 11.8. The molecule has 0 aromatic heterocycles. The molecule has 0 bridgehead atoms. The van der Waals surface area contributed by atoms with Crippen LogP contribution in [-0.4, -0.2) is 64.0 Å². The molecule has 0 fully saturated rings. The maximum Gasteiger partial charge on any atom is 0.251 e. The number of guanidine groups is 1. The monoisotopic (exact) mass is 600 g/mol. The molecule has 0 saturated carbocycles. The number of nitrogens with zero attached hydrogens (tertiary/aromatic N) is 1. The molecule has 2 amide bonds. The van der Waals surface area contributed by atoms with E-state index >= 15 is 0 Å². The van der Waals surface area contributed by atoms with Crippen LogP contribution in [0.3, 0.4) is 0 Å². The molecule has 2 aromatic carbocycles. The lowest BCUT2D eigenvalue weighted by atomic mass is 9.94. The van der Waals surface area contributed by atoms with E-state index in [1.54, 1.807) is 51.2 Å². The van der Waals surface area contributed by atoms with Crippen LogP contribution in [0, 0.1) is 20.8 Å². The van der Waals surface area contributed by atoms with Crippen LogP contribution >= 0.6 is 0 Å². The van der Waals surface area contributed by atoms with Crippen molar-refractivity contribution in [3.8, 4) is 5.75 Å². The van der Waals surface area contributed by atoms with Gasteiger partial charge in [0.1, 0.15) is 22.6 Å². The molecule has 230 valence electrons. The van der Waals surface area contributed by atoms with Gasteiger partial charge in [-0.3, -0.25) is 19.3 Å². The number of fused-ring (bicyclic) bond motifs is 1. The lowest BCUT2D eigenvalue weighted by molar-refractivity contribution is -0.123. The number of aliphatic imine (C=N–C) groups is 1. The topological polar surface area (TPSA) is 164 Å². The number of benzene rings is 2. The molecular weight excluding hydrogens is 556 g/mol. The predicted molar refractivity (Wildman–Crippen MR) is 165 cm³/mol. The van der Waals surface area contributed by atoms with E-state index in [-0.39, 0.29) is 36.8 Å². The van der Waals surface area contributed by atoms with E-state index in [2.05, 4.69) is 25.7 Å². The third-order valence-corrected chi connectivity index (χ3v) is 9.26. The molecule has 42 heavy (non-hydrogen) atoms. The van der Waals surface area contributed by atoms with E-state index in [0.29, 0.717) is 29.8 Å². The van der Waals surface area contributed by atoms with Gasteiger partial charge in [0, 0.05) is 30.3 Å². The maximum atomic E-state index is 13.6. The van der Waals surface area contributed by atoms with Crippen LogP contribution in [0.4, 0.5) is 0 Å². The van der Waals surface area contributed by atoms with Crippen LogP contribution in [0.5, 0.6) is 5.75 Å². The van der Waals surface area contributed by atoms with Crippen molar-refractivity contribution < 1.29 is 22.7 Å². The van der Waals surface area contributed by atoms with Crippen LogP contribution in [0.25, 0.3) is 0 Å². The van der Waals surface area contributed by atoms with Crippen molar-refractivity contribution in [2.45, 2.75) is 77.3 Å². The molecular formula is C30H44N6O5S. The molecule has 3 rings (SSSR count). The third kappa shape index (κ3) is 7.80. The minimum Gasteiger partial charge on any atom is -0.485 e. The number of carbonyl (C=O) groups is 2. The molecule has 11 nitrogen and oxygen atoms in total. The first kappa shape index (κ1) is 32.9. The van der Waals surface area contributed by atoms with Gasteiger partial charge in [0.05, 0.1) is 0 Å². The summed E-state index contributed by atoms with van der Waals surface area (Å²) in [5.41, 5.74) is 8.82. The average molecular weight is 601 g/mol. The van der Waals surface area contributed by atoms with Gasteiger partial charge in [-0.25, -0.2) is 8.42 Å². The molecule has 3 atom stereocenters. The third-order valence-electron chi connectivity index (χ3n) is 7.34.